The van der Waals surface area contributed by atoms with E-state index in [1.165, 1.54) is 11.1 Å². The molecule has 1 aliphatic rings. The number of aromatic amines is 1. The van der Waals surface area contributed by atoms with Gasteiger partial charge < -0.3 is 11.1 Å². The number of fused-ring (bicyclic) bond motifs is 2. The Kier molecular flexibility index (Phi) is 3.10. The van der Waals surface area contributed by atoms with Gasteiger partial charge in [-0.25, -0.2) is 4.98 Å². The molecule has 2 heterocycles. The average molecular weight is 325 g/mol. The fourth-order valence-corrected chi connectivity index (χ4v) is 3.69. The number of nitrogens with one attached hydrogen (secondary N) is 2. The van der Waals surface area contributed by atoms with Crippen LogP contribution in [0.25, 0.3) is 11.0 Å². The first kappa shape index (κ1) is 14.5. The Morgan fingerprint density at radius 2 is 2.13 bits per heavy atom. The van der Waals surface area contributed by atoms with Crippen molar-refractivity contribution in [3.8, 4) is 0 Å². The van der Waals surface area contributed by atoms with E-state index in [4.69, 9.17) is 5.73 Å². The zero-order valence-corrected chi connectivity index (χ0v) is 14.4. The average Bonchev–Trinajstić information content (AvgIpc) is 2.99. The molecular weight excluding hydrogens is 305 g/mol. The number of nitrogens with two attached hydrogens (primary N) is 1. The fourth-order valence-electron chi connectivity index (χ4n) is 3.39. The predicted octanol–water partition coefficient (Wildman–Crippen LogP) is 2.91. The van der Waals surface area contributed by atoms with Crippen LogP contribution in [0.1, 0.15) is 25.0 Å². The number of rotatable bonds is 2. The van der Waals surface area contributed by atoms with Crippen LogP contribution in [0, 0.1) is 5.41 Å². The first-order chi connectivity index (χ1) is 10.9. The lowest BCUT2D eigenvalue weighted by Crippen LogP contribution is -2.10. The molecule has 1 aliphatic carbocycles. The number of benzene rings is 1. The minimum Gasteiger partial charge on any atom is -0.384 e. The maximum absolute atomic E-state index is 5.86. The molecule has 0 spiro atoms. The number of hydrogen-bond acceptors (Lipinski definition) is 4. The molecule has 23 heavy (non-hydrogen) atoms. The molecule has 4 N–H and O–H groups in total. The van der Waals surface area contributed by atoms with Crippen molar-refractivity contribution in [2.45, 2.75) is 26.7 Å². The number of pyridine rings is 1. The van der Waals surface area contributed by atoms with E-state index in [1.54, 1.807) is 0 Å². The molecule has 1 atom stereocenters. The maximum Gasteiger partial charge on any atom is 0.185 e. The zero-order chi connectivity index (χ0) is 16.2. The van der Waals surface area contributed by atoms with Crippen LogP contribution in [0.5, 0.6) is 0 Å². The number of hydrogen-bond donors (Lipinski definition) is 3. The van der Waals surface area contributed by atoms with E-state index in [1.807, 2.05) is 6.07 Å². The predicted molar refractivity (Wildman–Crippen MR) is 98.6 cm³/mol. The monoisotopic (exact) mass is 325 g/mol. The van der Waals surface area contributed by atoms with Crippen LogP contribution in [-0.2, 0) is 12.8 Å². The number of nitrogens with zero attached hydrogens (tertiary/aromatic N) is 2. The Labute approximate surface area is 137 Å². The van der Waals surface area contributed by atoms with Crippen molar-refractivity contribution in [2.75, 3.05) is 11.1 Å². The van der Waals surface area contributed by atoms with Crippen LogP contribution in [0.2, 0.25) is 0 Å². The molecule has 0 aliphatic heterocycles. The van der Waals surface area contributed by atoms with Crippen molar-refractivity contribution in [1.29, 1.82) is 0 Å². The molecule has 0 amide bonds. The summed E-state index contributed by atoms with van der Waals surface area (Å²) in [5.41, 5.74) is 10.8. The van der Waals surface area contributed by atoms with Crippen molar-refractivity contribution < 1.29 is 0 Å². The van der Waals surface area contributed by atoms with Crippen LogP contribution < -0.4 is 16.4 Å². The van der Waals surface area contributed by atoms with Gasteiger partial charge in [-0.2, -0.15) is 5.10 Å². The lowest BCUT2D eigenvalue weighted by Gasteiger charge is -2.16. The van der Waals surface area contributed by atoms with Crippen LogP contribution in [0.15, 0.2) is 24.3 Å². The van der Waals surface area contributed by atoms with Gasteiger partial charge in [0.15, 0.2) is 5.65 Å². The zero-order valence-electron chi connectivity index (χ0n) is 13.3. The highest BCUT2D eigenvalue weighted by atomic mass is 31.0. The van der Waals surface area contributed by atoms with Gasteiger partial charge in [0.25, 0.3) is 0 Å². The molecule has 1 aromatic carbocycles. The second-order valence-corrected chi connectivity index (χ2v) is 7.64. The number of nitrogen functional groups attached to an aromatic ring is 1. The molecule has 118 valence electrons. The van der Waals surface area contributed by atoms with Gasteiger partial charge in [-0.1, -0.05) is 26.0 Å². The summed E-state index contributed by atoms with van der Waals surface area (Å²) in [6.07, 6.45) is 2.20. The van der Waals surface area contributed by atoms with E-state index in [0.717, 1.165) is 35.0 Å². The molecule has 0 saturated heterocycles. The van der Waals surface area contributed by atoms with Gasteiger partial charge in [0.2, 0.25) is 0 Å². The second kappa shape index (κ2) is 4.93. The molecule has 5 nitrogen and oxygen atoms in total. The highest BCUT2D eigenvalue weighted by molar-refractivity contribution is 7.28. The van der Waals surface area contributed by atoms with Gasteiger partial charge in [0, 0.05) is 11.0 Å². The van der Waals surface area contributed by atoms with E-state index >= 15 is 0 Å². The Morgan fingerprint density at radius 1 is 1.30 bits per heavy atom. The standard InChI is InChI=1S/C17H20N5P/c1-17(2)7-9-4-3-5-12(11(9)8-17)19-16-13(23)6-10-14(18)21-22-15(10)20-16/h3-6H,7-8,23H2,1-2H3,(H4,18,19,20,21,22). The van der Waals surface area contributed by atoms with Gasteiger partial charge in [-0.05, 0) is 41.5 Å². The third-order valence-corrected chi connectivity index (χ3v) is 4.89. The minimum absolute atomic E-state index is 0.317. The van der Waals surface area contributed by atoms with Crippen molar-refractivity contribution in [1.82, 2.24) is 15.2 Å². The Balaban J connectivity index is 1.75. The summed E-state index contributed by atoms with van der Waals surface area (Å²) in [4.78, 5) is 4.60. The third kappa shape index (κ3) is 2.45. The molecule has 0 radical (unpaired) electrons. The lowest BCUT2D eigenvalue weighted by atomic mass is 9.90. The summed E-state index contributed by atoms with van der Waals surface area (Å²) in [5.74, 6) is 1.34. The fraction of sp³-hybridized carbons (Fsp3) is 0.294. The summed E-state index contributed by atoms with van der Waals surface area (Å²) in [7, 11) is 2.72. The van der Waals surface area contributed by atoms with Crippen LogP contribution in [-0.4, -0.2) is 15.2 Å². The van der Waals surface area contributed by atoms with Crippen LogP contribution >= 0.6 is 9.24 Å². The Hall–Kier alpha value is -2.13. The van der Waals surface area contributed by atoms with Gasteiger partial charge in [-0.15, -0.1) is 9.24 Å². The van der Waals surface area contributed by atoms with Gasteiger partial charge in [0.05, 0.1) is 5.39 Å². The van der Waals surface area contributed by atoms with Crippen molar-refractivity contribution in [3.05, 3.63) is 35.4 Å². The SMILES string of the molecule is CC1(C)Cc2cccc(Nc3nc4n[nH]c(N)c4cc3P)c2C1. The summed E-state index contributed by atoms with van der Waals surface area (Å²) >= 11 is 0. The molecule has 3 aromatic rings. The smallest absolute Gasteiger partial charge is 0.185 e. The normalized spacial score (nSPS) is 15.8. The largest absolute Gasteiger partial charge is 0.384 e. The summed E-state index contributed by atoms with van der Waals surface area (Å²) < 4.78 is 0. The summed E-state index contributed by atoms with van der Waals surface area (Å²) in [6, 6.07) is 8.44. The first-order valence-corrected chi connectivity index (χ1v) is 8.28. The lowest BCUT2D eigenvalue weighted by molar-refractivity contribution is 0.393. The third-order valence-electron chi connectivity index (χ3n) is 4.45. The maximum atomic E-state index is 5.86. The first-order valence-electron chi connectivity index (χ1n) is 7.71. The molecule has 1 unspecified atom stereocenters. The number of aromatic nitrogens is 3. The molecule has 4 rings (SSSR count). The molecule has 0 bridgehead atoms. The van der Waals surface area contributed by atoms with Crippen molar-refractivity contribution in [2.24, 2.45) is 5.41 Å². The van der Waals surface area contributed by atoms with E-state index in [9.17, 15) is 0 Å². The number of H-pyrrole nitrogens is 1. The van der Waals surface area contributed by atoms with Crippen molar-refractivity contribution in [3.63, 3.8) is 0 Å². The second-order valence-electron chi connectivity index (χ2n) is 7.02. The van der Waals surface area contributed by atoms with E-state index in [2.05, 4.69) is 61.8 Å². The molecular formula is C17H20N5P. The molecule has 0 fully saturated rings. The van der Waals surface area contributed by atoms with Gasteiger partial charge in [0.1, 0.15) is 11.6 Å². The highest BCUT2D eigenvalue weighted by Gasteiger charge is 2.30. The van der Waals surface area contributed by atoms with Gasteiger partial charge >= 0.3 is 0 Å². The van der Waals surface area contributed by atoms with E-state index < -0.39 is 0 Å². The quantitative estimate of drug-likeness (QED) is 0.633. The minimum atomic E-state index is 0.317. The Bertz CT molecular complexity index is 913. The van der Waals surface area contributed by atoms with Crippen LogP contribution in [0.3, 0.4) is 0 Å². The Morgan fingerprint density at radius 3 is 2.96 bits per heavy atom. The number of anilines is 3. The van der Waals surface area contributed by atoms with Gasteiger partial charge in [-0.3, -0.25) is 5.10 Å². The van der Waals surface area contributed by atoms with E-state index in [-0.39, 0.29) is 0 Å². The summed E-state index contributed by atoms with van der Waals surface area (Å²) in [6.45, 7) is 4.63. The molecule has 0 saturated carbocycles. The van der Waals surface area contributed by atoms with Crippen LogP contribution in [0.4, 0.5) is 17.3 Å². The summed E-state index contributed by atoms with van der Waals surface area (Å²) in [5, 5.41) is 12.2. The van der Waals surface area contributed by atoms with Crippen molar-refractivity contribution >= 4 is 42.9 Å². The van der Waals surface area contributed by atoms with E-state index in [0.29, 0.717) is 16.9 Å². The molecule has 6 heteroatoms. The molecule has 2 aromatic heterocycles. The highest BCUT2D eigenvalue weighted by Crippen LogP contribution is 2.40. The topological polar surface area (TPSA) is 79.6 Å².